The summed E-state index contributed by atoms with van der Waals surface area (Å²) in [6, 6.07) is 10.1. The molecule has 2 aliphatic heterocycles. The summed E-state index contributed by atoms with van der Waals surface area (Å²) in [6.07, 6.45) is 2.38. The monoisotopic (exact) mass is 388 g/mol. The van der Waals surface area contributed by atoms with Gasteiger partial charge in [0.2, 0.25) is 5.91 Å². The van der Waals surface area contributed by atoms with E-state index in [4.69, 9.17) is 9.47 Å². The highest BCUT2D eigenvalue weighted by Gasteiger charge is 2.32. The zero-order valence-corrected chi connectivity index (χ0v) is 17.0. The van der Waals surface area contributed by atoms with Crippen molar-refractivity contribution in [1.29, 1.82) is 0 Å². The second-order valence-corrected chi connectivity index (χ2v) is 7.20. The van der Waals surface area contributed by atoms with Gasteiger partial charge >= 0.3 is 0 Å². The van der Waals surface area contributed by atoms with Crippen molar-refractivity contribution in [3.63, 3.8) is 0 Å². The highest BCUT2D eigenvalue weighted by atomic mass is 16.5. The van der Waals surface area contributed by atoms with Crippen molar-refractivity contribution in [3.05, 3.63) is 35.9 Å². The largest absolute Gasteiger partial charge is 0.375 e. The van der Waals surface area contributed by atoms with E-state index in [1.807, 2.05) is 42.2 Å². The molecule has 28 heavy (non-hydrogen) atoms. The lowest BCUT2D eigenvalue weighted by molar-refractivity contribution is -0.130. The molecule has 0 aliphatic carbocycles. The molecule has 2 fully saturated rings. The Morgan fingerprint density at radius 1 is 1.25 bits per heavy atom. The van der Waals surface area contributed by atoms with Crippen LogP contribution in [0.5, 0.6) is 0 Å². The predicted molar refractivity (Wildman–Crippen MR) is 109 cm³/mol. The van der Waals surface area contributed by atoms with Gasteiger partial charge in [-0.15, -0.1) is 0 Å². The van der Waals surface area contributed by atoms with Gasteiger partial charge in [0, 0.05) is 39.8 Å². The van der Waals surface area contributed by atoms with E-state index in [2.05, 4.69) is 15.2 Å². The van der Waals surface area contributed by atoms with E-state index in [9.17, 15) is 4.79 Å². The summed E-state index contributed by atoms with van der Waals surface area (Å²) in [4.78, 5) is 21.1. The molecule has 7 nitrogen and oxygen atoms in total. The van der Waals surface area contributed by atoms with Crippen LogP contribution in [0.3, 0.4) is 0 Å². The Morgan fingerprint density at radius 2 is 2.04 bits per heavy atom. The molecule has 1 aromatic carbocycles. The topological polar surface area (TPSA) is 66.4 Å². The van der Waals surface area contributed by atoms with Crippen molar-refractivity contribution in [2.75, 3.05) is 46.4 Å². The number of ether oxygens (including phenoxy) is 2. The fourth-order valence-electron chi connectivity index (χ4n) is 3.77. The van der Waals surface area contributed by atoms with Crippen LogP contribution in [-0.2, 0) is 20.8 Å². The molecule has 2 atom stereocenters. The fourth-order valence-corrected chi connectivity index (χ4v) is 3.77. The molecule has 2 heterocycles. The molecule has 3 rings (SSSR count). The van der Waals surface area contributed by atoms with Gasteiger partial charge in [-0.3, -0.25) is 9.79 Å². The minimum absolute atomic E-state index is 0.0655. The van der Waals surface area contributed by atoms with E-state index in [1.165, 1.54) is 0 Å². The van der Waals surface area contributed by atoms with Crippen LogP contribution in [0.2, 0.25) is 0 Å². The maximum absolute atomic E-state index is 12.7. The lowest BCUT2D eigenvalue weighted by Gasteiger charge is -2.37. The summed E-state index contributed by atoms with van der Waals surface area (Å²) < 4.78 is 11.7. The maximum atomic E-state index is 12.7. The number of guanidine groups is 1. The summed E-state index contributed by atoms with van der Waals surface area (Å²) in [5.74, 6) is 0.812. The number of nitrogens with one attached hydrogen (secondary N) is 1. The Bertz CT molecular complexity index is 646. The average Bonchev–Trinajstić information content (AvgIpc) is 3.28. The lowest BCUT2D eigenvalue weighted by atomic mass is 10.1. The molecule has 1 aromatic rings. The Hall–Kier alpha value is -2.12. The lowest BCUT2D eigenvalue weighted by Crippen LogP contribution is -2.54. The molecule has 0 bridgehead atoms. The molecule has 1 N–H and O–H groups in total. The van der Waals surface area contributed by atoms with Gasteiger partial charge in [0.1, 0.15) is 6.10 Å². The fraction of sp³-hybridized carbons (Fsp3) is 0.619. The molecular weight excluding hydrogens is 356 g/mol. The van der Waals surface area contributed by atoms with E-state index in [0.717, 1.165) is 44.1 Å². The van der Waals surface area contributed by atoms with Crippen molar-refractivity contribution in [3.8, 4) is 0 Å². The summed E-state index contributed by atoms with van der Waals surface area (Å²) >= 11 is 0. The van der Waals surface area contributed by atoms with E-state index >= 15 is 0 Å². The molecule has 2 saturated heterocycles. The van der Waals surface area contributed by atoms with Gasteiger partial charge in [0.15, 0.2) is 5.96 Å². The second kappa shape index (κ2) is 10.4. The quantitative estimate of drug-likeness (QED) is 0.591. The van der Waals surface area contributed by atoms with Crippen LogP contribution in [0, 0.1) is 0 Å². The predicted octanol–water partition coefficient (Wildman–Crippen LogP) is 1.49. The number of carbonyl (C=O) groups excluding carboxylic acids is 1. The van der Waals surface area contributed by atoms with Gasteiger partial charge in [-0.2, -0.15) is 0 Å². The number of hydrogen-bond acceptors (Lipinski definition) is 4. The van der Waals surface area contributed by atoms with Crippen LogP contribution in [0.1, 0.15) is 25.3 Å². The first-order chi connectivity index (χ1) is 13.7. The summed E-state index contributed by atoms with van der Waals surface area (Å²) in [6.45, 7) is 6.49. The number of carbonyl (C=O) groups is 1. The van der Waals surface area contributed by atoms with Crippen molar-refractivity contribution < 1.29 is 14.3 Å². The Morgan fingerprint density at radius 3 is 2.71 bits per heavy atom. The van der Waals surface area contributed by atoms with E-state index in [-0.39, 0.29) is 24.7 Å². The van der Waals surface area contributed by atoms with Gasteiger partial charge in [-0.25, -0.2) is 0 Å². The number of nitrogens with zero attached hydrogens (tertiary/aromatic N) is 3. The number of hydrogen-bond donors (Lipinski definition) is 1. The third kappa shape index (κ3) is 5.45. The molecule has 2 aliphatic rings. The molecular formula is C21H32N4O3. The number of benzene rings is 1. The van der Waals surface area contributed by atoms with Crippen molar-refractivity contribution in [1.82, 2.24) is 15.1 Å². The number of aliphatic imine (C=N–C) groups is 1. The van der Waals surface area contributed by atoms with Crippen LogP contribution in [-0.4, -0.2) is 80.3 Å². The Kier molecular flexibility index (Phi) is 7.68. The average molecular weight is 389 g/mol. The van der Waals surface area contributed by atoms with Gasteiger partial charge in [0.25, 0.3) is 0 Å². The molecule has 0 aromatic heterocycles. The number of rotatable bonds is 6. The first-order valence-electron chi connectivity index (χ1n) is 10.2. The minimum atomic E-state index is 0.0655. The van der Waals surface area contributed by atoms with Gasteiger partial charge < -0.3 is 24.6 Å². The van der Waals surface area contributed by atoms with Gasteiger partial charge in [-0.05, 0) is 25.3 Å². The van der Waals surface area contributed by atoms with Crippen LogP contribution < -0.4 is 5.32 Å². The van der Waals surface area contributed by atoms with E-state index in [0.29, 0.717) is 19.7 Å². The van der Waals surface area contributed by atoms with Crippen molar-refractivity contribution >= 4 is 11.9 Å². The zero-order chi connectivity index (χ0) is 19.8. The third-order valence-electron chi connectivity index (χ3n) is 5.33. The second-order valence-electron chi connectivity index (χ2n) is 7.20. The third-order valence-corrected chi connectivity index (χ3v) is 5.33. The standard InChI is InChI=1S/C21H32N4O3/c1-3-24(15-17-8-5-4-6-9-17)20(26)14-23-21(22-2)25-11-13-28-19(16-25)18-10-7-12-27-18/h4-6,8-9,18-19H,3,7,10-16H2,1-2H3,(H,22,23). The van der Waals surface area contributed by atoms with E-state index in [1.54, 1.807) is 7.05 Å². The van der Waals surface area contributed by atoms with E-state index < -0.39 is 0 Å². The summed E-state index contributed by atoms with van der Waals surface area (Å²) in [5, 5.41) is 3.24. The molecule has 2 unspecified atom stereocenters. The summed E-state index contributed by atoms with van der Waals surface area (Å²) in [7, 11) is 1.75. The Labute approximate surface area is 167 Å². The highest BCUT2D eigenvalue weighted by Crippen LogP contribution is 2.21. The van der Waals surface area contributed by atoms with Crippen LogP contribution in [0.15, 0.2) is 35.3 Å². The van der Waals surface area contributed by atoms with Crippen LogP contribution in [0.4, 0.5) is 0 Å². The first-order valence-corrected chi connectivity index (χ1v) is 10.2. The molecule has 0 saturated carbocycles. The molecule has 154 valence electrons. The van der Waals surface area contributed by atoms with Crippen molar-refractivity contribution in [2.45, 2.75) is 38.5 Å². The van der Waals surface area contributed by atoms with Crippen LogP contribution >= 0.6 is 0 Å². The number of likely N-dealkylation sites (N-methyl/N-ethyl adjacent to an activating group) is 1. The van der Waals surface area contributed by atoms with Crippen LogP contribution in [0.25, 0.3) is 0 Å². The smallest absolute Gasteiger partial charge is 0.242 e. The highest BCUT2D eigenvalue weighted by molar-refractivity contribution is 5.86. The maximum Gasteiger partial charge on any atom is 0.242 e. The number of amides is 1. The molecule has 7 heteroatoms. The van der Waals surface area contributed by atoms with Gasteiger partial charge in [0.05, 0.1) is 19.3 Å². The summed E-state index contributed by atoms with van der Waals surface area (Å²) in [5.41, 5.74) is 1.13. The SMILES string of the molecule is CCN(Cc1ccccc1)C(=O)CNC(=NC)N1CCOC(C2CCCO2)C1. The zero-order valence-electron chi connectivity index (χ0n) is 17.0. The molecule has 1 amide bonds. The first kappa shape index (κ1) is 20.6. The Balaban J connectivity index is 1.51. The molecule has 0 radical (unpaired) electrons. The van der Waals surface area contributed by atoms with Gasteiger partial charge in [-0.1, -0.05) is 30.3 Å². The number of morpholine rings is 1. The van der Waals surface area contributed by atoms with Crippen molar-refractivity contribution in [2.24, 2.45) is 4.99 Å². The normalized spacial score (nSPS) is 22.9. The minimum Gasteiger partial charge on any atom is -0.375 e. The molecule has 0 spiro atoms.